The molecule has 1 atom stereocenters. The number of aromatic amines is 1. The van der Waals surface area contributed by atoms with E-state index in [0.717, 1.165) is 32.8 Å². The van der Waals surface area contributed by atoms with Gasteiger partial charge in [-0.25, -0.2) is 10.2 Å². The van der Waals surface area contributed by atoms with Crippen molar-refractivity contribution in [3.63, 3.8) is 0 Å². The van der Waals surface area contributed by atoms with E-state index in [1.54, 1.807) is 53.1 Å². The van der Waals surface area contributed by atoms with Crippen LogP contribution in [0.15, 0.2) is 84.0 Å². The van der Waals surface area contributed by atoms with Crippen molar-refractivity contribution in [3.8, 4) is 5.75 Å². The number of benzene rings is 4. The average molecular weight is 869 g/mol. The highest BCUT2D eigenvalue weighted by Gasteiger charge is 2.36. The van der Waals surface area contributed by atoms with Gasteiger partial charge < -0.3 is 44.7 Å². The number of rotatable bonds is 15. The average Bonchev–Trinajstić information content (AvgIpc) is 3.87. The number of hydrogen-bond acceptors (Lipinski definition) is 10. The van der Waals surface area contributed by atoms with Crippen molar-refractivity contribution in [3.05, 3.63) is 101 Å². The number of H-pyrrole nitrogens is 1. The largest absolute Gasteiger partial charge is 0.415 e. The summed E-state index contributed by atoms with van der Waals surface area (Å²) in [6.07, 6.45) is -0.289. The Morgan fingerprint density at radius 3 is 2.37 bits per heavy atom. The van der Waals surface area contributed by atoms with Gasteiger partial charge in [-0.15, -0.1) is 0 Å². The number of ether oxygens (including phenoxy) is 3. The highest BCUT2D eigenvalue weighted by Crippen LogP contribution is 2.46. The van der Waals surface area contributed by atoms with Gasteiger partial charge in [-0.2, -0.15) is 5.10 Å². The fourth-order valence-electron chi connectivity index (χ4n) is 7.18. The van der Waals surface area contributed by atoms with E-state index in [9.17, 15) is 19.2 Å². The normalized spacial score (nSPS) is 15.4. The van der Waals surface area contributed by atoms with Crippen molar-refractivity contribution in [2.24, 2.45) is 5.10 Å². The van der Waals surface area contributed by atoms with E-state index < -0.39 is 6.09 Å². The van der Waals surface area contributed by atoms with Crippen molar-refractivity contribution in [2.45, 2.75) is 19.3 Å². The predicted octanol–water partition coefficient (Wildman–Crippen LogP) is 5.37. The number of hydrogen-bond donors (Lipinski definition) is 5. The maximum absolute atomic E-state index is 14.3. The van der Waals surface area contributed by atoms with E-state index >= 15 is 0 Å². The number of nitrogens with one attached hydrogen (secondary N) is 4. The molecule has 7 rings (SSSR count). The molecule has 0 bridgehead atoms. The molecule has 0 unspecified atom stereocenters. The van der Waals surface area contributed by atoms with Crippen LogP contribution < -0.4 is 25.7 Å². The predicted molar refractivity (Wildman–Crippen MR) is 229 cm³/mol. The third-order valence-electron chi connectivity index (χ3n) is 10.2. The first-order valence-electron chi connectivity index (χ1n) is 19.5. The number of carbonyl (C=O) groups excluding carboxylic acids is 4. The molecule has 5 N–H and O–H groups in total. The van der Waals surface area contributed by atoms with Gasteiger partial charge in [0.05, 0.1) is 50.9 Å². The van der Waals surface area contributed by atoms with Gasteiger partial charge in [-0.05, 0) is 59.8 Å². The number of piperazine rings is 1. The van der Waals surface area contributed by atoms with E-state index in [0.29, 0.717) is 85.4 Å². The molecule has 59 heavy (non-hydrogen) atoms. The van der Waals surface area contributed by atoms with Crippen LogP contribution in [0.2, 0.25) is 0 Å². The summed E-state index contributed by atoms with van der Waals surface area (Å²) >= 11 is 3.68. The number of fused-ring (bicyclic) bond motifs is 4. The lowest BCUT2D eigenvalue weighted by Crippen LogP contribution is -2.47. The Hall–Kier alpha value is -5.65. The second kappa shape index (κ2) is 19.4. The number of anilines is 2. The Labute approximate surface area is 349 Å². The summed E-state index contributed by atoms with van der Waals surface area (Å²) in [6.45, 7) is 5.78. The molecule has 1 fully saturated rings. The molecule has 4 aromatic carbocycles. The smallest absolute Gasteiger partial charge is 0.409 e. The van der Waals surface area contributed by atoms with Gasteiger partial charge in [-0.1, -0.05) is 52.3 Å². The molecule has 0 aliphatic carbocycles. The lowest BCUT2D eigenvalue weighted by Gasteiger charge is -2.27. The SMILES string of the molecule is CC(=NNC(=O)CCOCCOCCO)c1ccc(C(=O)Nc2ccc3[nH]c(C(=O)N4C[C@@H](CBr)c5c4cc(OC(=O)N4CCNCC4)c4ccccc54)cc3c2)cc1. The summed E-state index contributed by atoms with van der Waals surface area (Å²) in [7, 11) is 0. The van der Waals surface area contributed by atoms with Crippen LogP contribution in [0.4, 0.5) is 16.2 Å². The molecular weight excluding hydrogens is 822 g/mol. The van der Waals surface area contributed by atoms with Crippen LogP contribution in [0.25, 0.3) is 21.7 Å². The minimum absolute atomic E-state index is 0.0141. The zero-order valence-corrected chi connectivity index (χ0v) is 34.2. The van der Waals surface area contributed by atoms with Crippen LogP contribution in [-0.4, -0.2) is 116 Å². The van der Waals surface area contributed by atoms with Gasteiger partial charge in [0.25, 0.3) is 11.8 Å². The molecule has 0 radical (unpaired) electrons. The highest BCUT2D eigenvalue weighted by atomic mass is 79.9. The number of halogens is 1. The Morgan fingerprint density at radius 2 is 1.63 bits per heavy atom. The number of amides is 4. The van der Waals surface area contributed by atoms with Crippen LogP contribution in [0, 0.1) is 0 Å². The van der Waals surface area contributed by atoms with Crippen molar-refractivity contribution < 1.29 is 38.5 Å². The van der Waals surface area contributed by atoms with Gasteiger partial charge >= 0.3 is 6.09 Å². The molecule has 1 aromatic heterocycles. The van der Waals surface area contributed by atoms with Crippen LogP contribution in [0.3, 0.4) is 0 Å². The molecular formula is C43H46BrN7O8. The second-order valence-corrected chi connectivity index (χ2v) is 14.8. The van der Waals surface area contributed by atoms with Gasteiger partial charge in [0, 0.05) is 77.6 Å². The molecule has 5 aromatic rings. The van der Waals surface area contributed by atoms with Gasteiger partial charge in [-0.3, -0.25) is 14.4 Å². The van der Waals surface area contributed by atoms with Crippen molar-refractivity contribution in [1.29, 1.82) is 0 Å². The second-order valence-electron chi connectivity index (χ2n) is 14.2. The van der Waals surface area contributed by atoms with Crippen molar-refractivity contribution in [2.75, 3.05) is 81.3 Å². The van der Waals surface area contributed by atoms with Gasteiger partial charge in [0.1, 0.15) is 11.4 Å². The monoisotopic (exact) mass is 867 g/mol. The third kappa shape index (κ3) is 9.80. The molecule has 16 heteroatoms. The zero-order chi connectivity index (χ0) is 41.3. The van der Waals surface area contributed by atoms with E-state index in [1.807, 2.05) is 42.5 Å². The molecule has 1 saturated heterocycles. The third-order valence-corrected chi connectivity index (χ3v) is 11.0. The first kappa shape index (κ1) is 41.5. The number of hydrazone groups is 1. The summed E-state index contributed by atoms with van der Waals surface area (Å²) in [6, 6.07) is 23.7. The Morgan fingerprint density at radius 1 is 0.898 bits per heavy atom. The standard InChI is InChI=1S/C43H46BrN7O8/c1-27(48-49-39(53)12-18-57-20-21-58-19-17-52)28-6-8-29(9-7-28)41(54)46-32-10-11-35-30(22-32)23-36(47-35)42(55)51-26-31(25-44)40-34-5-3-2-4-33(34)38(24-37(40)51)59-43(56)50-15-13-45-14-16-50/h2-11,22-24,31,45,47,52H,12-21,25-26H2,1H3,(H,46,54)(H,49,53)/t31-/m1/s1. The van der Waals surface area contributed by atoms with E-state index in [1.165, 1.54) is 0 Å². The number of aliphatic hydroxyl groups is 1. The molecule has 308 valence electrons. The number of aromatic nitrogens is 1. The maximum atomic E-state index is 14.3. The summed E-state index contributed by atoms with van der Waals surface area (Å²) < 4.78 is 16.5. The number of alkyl halides is 1. The first-order valence-corrected chi connectivity index (χ1v) is 20.6. The Balaban J connectivity index is 1.00. The van der Waals surface area contributed by atoms with E-state index in [-0.39, 0.29) is 49.9 Å². The summed E-state index contributed by atoms with van der Waals surface area (Å²) in [4.78, 5) is 59.6. The quantitative estimate of drug-likeness (QED) is 0.0399. The van der Waals surface area contributed by atoms with E-state index in [4.69, 9.17) is 19.3 Å². The Bertz CT molecular complexity index is 2360. The summed E-state index contributed by atoms with van der Waals surface area (Å²) in [5.41, 5.74) is 7.62. The van der Waals surface area contributed by atoms with Gasteiger partial charge in [0.2, 0.25) is 5.91 Å². The minimum atomic E-state index is -0.417. The molecule has 4 amide bonds. The molecule has 2 aliphatic rings. The van der Waals surface area contributed by atoms with E-state index in [2.05, 4.69) is 42.1 Å². The topological polar surface area (TPSA) is 187 Å². The lowest BCUT2D eigenvalue weighted by molar-refractivity contribution is -0.122. The highest BCUT2D eigenvalue weighted by molar-refractivity contribution is 9.09. The minimum Gasteiger partial charge on any atom is -0.409 e. The van der Waals surface area contributed by atoms with Crippen LogP contribution >= 0.6 is 15.9 Å². The summed E-state index contributed by atoms with van der Waals surface area (Å²) in [5.74, 6) is -0.421. The summed E-state index contributed by atoms with van der Waals surface area (Å²) in [5, 5.41) is 22.2. The van der Waals surface area contributed by atoms with Gasteiger partial charge in [0.15, 0.2) is 0 Å². The maximum Gasteiger partial charge on any atom is 0.415 e. The molecule has 0 saturated carbocycles. The number of nitrogens with zero attached hydrogens (tertiary/aromatic N) is 3. The molecule has 3 heterocycles. The number of carbonyl (C=O) groups is 4. The van der Waals surface area contributed by atoms with Crippen LogP contribution in [0.1, 0.15) is 51.2 Å². The Kier molecular flexibility index (Phi) is 13.6. The van der Waals surface area contributed by atoms with Crippen molar-refractivity contribution >= 4 is 78.5 Å². The zero-order valence-electron chi connectivity index (χ0n) is 32.6. The number of aliphatic hydroxyl groups excluding tert-OH is 1. The lowest BCUT2D eigenvalue weighted by atomic mass is 9.95. The van der Waals surface area contributed by atoms with Crippen molar-refractivity contribution in [1.82, 2.24) is 20.6 Å². The fraction of sp³-hybridized carbons (Fsp3) is 0.326. The van der Waals surface area contributed by atoms with Crippen LogP contribution in [0.5, 0.6) is 5.75 Å². The molecule has 15 nitrogen and oxygen atoms in total. The fourth-order valence-corrected chi connectivity index (χ4v) is 7.71. The molecule has 0 spiro atoms. The molecule has 2 aliphatic heterocycles. The first-order chi connectivity index (χ1) is 28.7. The van der Waals surface area contributed by atoms with Crippen LogP contribution in [-0.2, 0) is 14.3 Å².